The zero-order valence-corrected chi connectivity index (χ0v) is 14.0. The highest BCUT2D eigenvalue weighted by atomic mass is 16.6. The molecule has 0 radical (unpaired) electrons. The molecule has 1 heterocycles. The maximum Gasteiger partial charge on any atom is 0.272 e. The molecule has 1 aliphatic carbocycles. The number of nitrogens with zero attached hydrogens (tertiary/aromatic N) is 3. The minimum Gasteiger partial charge on any atom is -0.369 e. The highest BCUT2D eigenvalue weighted by Gasteiger charge is 2.22. The predicted molar refractivity (Wildman–Crippen MR) is 93.1 cm³/mol. The van der Waals surface area contributed by atoms with Gasteiger partial charge in [0.05, 0.1) is 4.92 Å². The van der Waals surface area contributed by atoms with Gasteiger partial charge in [-0.2, -0.15) is 0 Å². The molecule has 23 heavy (non-hydrogen) atoms. The summed E-state index contributed by atoms with van der Waals surface area (Å²) in [5, 5.41) is 10.9. The number of piperazine rings is 1. The van der Waals surface area contributed by atoms with Crippen LogP contribution in [0.15, 0.2) is 18.2 Å². The van der Waals surface area contributed by atoms with Gasteiger partial charge in [0.25, 0.3) is 5.69 Å². The molecule has 2 aliphatic rings. The van der Waals surface area contributed by atoms with Gasteiger partial charge >= 0.3 is 0 Å². The third-order valence-corrected chi connectivity index (χ3v) is 5.36. The quantitative estimate of drug-likeness (QED) is 0.629. The van der Waals surface area contributed by atoms with Crippen molar-refractivity contribution in [3.05, 3.63) is 33.9 Å². The Morgan fingerprint density at radius 1 is 1.13 bits per heavy atom. The van der Waals surface area contributed by atoms with Crippen LogP contribution in [0.4, 0.5) is 11.4 Å². The molecule has 0 N–H and O–H groups in total. The fourth-order valence-corrected chi connectivity index (χ4v) is 3.96. The largest absolute Gasteiger partial charge is 0.369 e. The lowest BCUT2D eigenvalue weighted by molar-refractivity contribution is -0.385. The van der Waals surface area contributed by atoms with Gasteiger partial charge in [0, 0.05) is 50.0 Å². The number of rotatable bonds is 4. The molecule has 2 fully saturated rings. The van der Waals surface area contributed by atoms with Crippen LogP contribution in [0.25, 0.3) is 0 Å². The molecule has 1 saturated heterocycles. The maximum absolute atomic E-state index is 10.9. The summed E-state index contributed by atoms with van der Waals surface area (Å²) in [5.41, 5.74) is 2.08. The second-order valence-electron chi connectivity index (χ2n) is 7.02. The van der Waals surface area contributed by atoms with Crippen molar-refractivity contribution in [1.29, 1.82) is 0 Å². The number of hydrogen-bond acceptors (Lipinski definition) is 4. The Morgan fingerprint density at radius 3 is 2.43 bits per heavy atom. The predicted octanol–water partition coefficient (Wildman–Crippen LogP) is 3.61. The van der Waals surface area contributed by atoms with Crippen LogP contribution >= 0.6 is 0 Å². The van der Waals surface area contributed by atoms with Crippen molar-refractivity contribution < 1.29 is 4.92 Å². The molecule has 0 amide bonds. The zero-order valence-electron chi connectivity index (χ0n) is 14.0. The molecule has 1 aromatic rings. The molecular formula is C18H27N3O2. The van der Waals surface area contributed by atoms with Crippen LogP contribution in [0.3, 0.4) is 0 Å². The first-order valence-electron chi connectivity index (χ1n) is 8.86. The van der Waals surface area contributed by atoms with Crippen molar-refractivity contribution in [3.63, 3.8) is 0 Å². The van der Waals surface area contributed by atoms with Gasteiger partial charge in [-0.05, 0) is 37.8 Å². The average molecular weight is 317 g/mol. The Kier molecular flexibility index (Phi) is 5.16. The lowest BCUT2D eigenvalue weighted by Gasteiger charge is -2.38. The molecule has 126 valence electrons. The van der Waals surface area contributed by atoms with Crippen molar-refractivity contribution in [2.45, 2.75) is 39.0 Å². The van der Waals surface area contributed by atoms with Crippen molar-refractivity contribution in [1.82, 2.24) is 4.90 Å². The number of nitro groups is 1. The summed E-state index contributed by atoms with van der Waals surface area (Å²) < 4.78 is 0. The summed E-state index contributed by atoms with van der Waals surface area (Å²) in [6.07, 6.45) is 7.05. The van der Waals surface area contributed by atoms with Crippen LogP contribution in [-0.2, 0) is 0 Å². The molecule has 0 spiro atoms. The van der Waals surface area contributed by atoms with Gasteiger partial charge in [0.2, 0.25) is 0 Å². The Labute approximate surface area is 138 Å². The number of aryl methyl sites for hydroxylation is 1. The van der Waals surface area contributed by atoms with Gasteiger partial charge in [-0.25, -0.2) is 0 Å². The van der Waals surface area contributed by atoms with Crippen molar-refractivity contribution >= 4 is 11.4 Å². The second kappa shape index (κ2) is 7.30. The highest BCUT2D eigenvalue weighted by Crippen LogP contribution is 2.27. The van der Waals surface area contributed by atoms with E-state index in [1.807, 2.05) is 19.1 Å². The molecule has 5 nitrogen and oxygen atoms in total. The molecule has 1 aromatic carbocycles. The molecule has 0 atom stereocenters. The number of hydrogen-bond donors (Lipinski definition) is 0. The van der Waals surface area contributed by atoms with E-state index in [2.05, 4.69) is 9.80 Å². The third kappa shape index (κ3) is 4.02. The van der Waals surface area contributed by atoms with Crippen LogP contribution in [0.1, 0.15) is 37.7 Å². The molecular weight excluding hydrogens is 290 g/mol. The van der Waals surface area contributed by atoms with E-state index in [9.17, 15) is 10.1 Å². The van der Waals surface area contributed by atoms with Crippen LogP contribution in [0.2, 0.25) is 0 Å². The molecule has 0 unspecified atom stereocenters. The van der Waals surface area contributed by atoms with Crippen molar-refractivity contribution in [2.75, 3.05) is 37.6 Å². The Hall–Kier alpha value is -1.62. The number of benzene rings is 1. The summed E-state index contributed by atoms with van der Waals surface area (Å²) in [5.74, 6) is 0.900. The minimum absolute atomic E-state index is 0.213. The zero-order chi connectivity index (χ0) is 16.2. The first-order valence-corrected chi connectivity index (χ1v) is 8.86. The average Bonchev–Trinajstić information content (AvgIpc) is 2.56. The lowest BCUT2D eigenvalue weighted by atomic mass is 9.89. The highest BCUT2D eigenvalue weighted by molar-refractivity contribution is 5.55. The lowest BCUT2D eigenvalue weighted by Crippen LogP contribution is -2.48. The van der Waals surface area contributed by atoms with Crippen molar-refractivity contribution in [2.24, 2.45) is 5.92 Å². The number of nitro benzene ring substituents is 1. The van der Waals surface area contributed by atoms with Gasteiger partial charge in [-0.15, -0.1) is 0 Å². The monoisotopic (exact) mass is 317 g/mol. The molecule has 5 heteroatoms. The van der Waals surface area contributed by atoms with Crippen LogP contribution < -0.4 is 4.90 Å². The first kappa shape index (κ1) is 16.2. The third-order valence-electron chi connectivity index (χ3n) is 5.36. The van der Waals surface area contributed by atoms with E-state index >= 15 is 0 Å². The normalized spacial score (nSPS) is 20.7. The van der Waals surface area contributed by atoms with Gasteiger partial charge in [0.15, 0.2) is 0 Å². The number of anilines is 1. The van der Waals surface area contributed by atoms with Crippen LogP contribution in [-0.4, -0.2) is 42.5 Å². The SMILES string of the molecule is Cc1cc(N2CCN(CC3CCCCC3)CC2)ccc1[N+](=O)[O-]. The van der Waals surface area contributed by atoms with Crippen LogP contribution in [0, 0.1) is 23.0 Å². The Morgan fingerprint density at radius 2 is 1.83 bits per heavy atom. The first-order chi connectivity index (χ1) is 11.1. The summed E-state index contributed by atoms with van der Waals surface area (Å²) in [6, 6.07) is 5.48. The summed E-state index contributed by atoms with van der Waals surface area (Å²) in [4.78, 5) is 15.6. The topological polar surface area (TPSA) is 49.6 Å². The second-order valence-corrected chi connectivity index (χ2v) is 7.02. The fourth-order valence-electron chi connectivity index (χ4n) is 3.96. The minimum atomic E-state index is -0.304. The van der Waals surface area contributed by atoms with E-state index in [0.29, 0.717) is 0 Å². The maximum atomic E-state index is 10.9. The molecule has 3 rings (SSSR count). The van der Waals surface area contributed by atoms with Gasteiger partial charge in [-0.3, -0.25) is 15.0 Å². The van der Waals surface area contributed by atoms with E-state index in [-0.39, 0.29) is 10.6 Å². The fraction of sp³-hybridized carbons (Fsp3) is 0.667. The molecule has 0 bridgehead atoms. The molecule has 1 aliphatic heterocycles. The van der Waals surface area contributed by atoms with Gasteiger partial charge in [0.1, 0.15) is 0 Å². The van der Waals surface area contributed by atoms with E-state index in [1.54, 1.807) is 6.07 Å². The van der Waals surface area contributed by atoms with Crippen LogP contribution in [0.5, 0.6) is 0 Å². The Balaban J connectivity index is 1.54. The summed E-state index contributed by atoms with van der Waals surface area (Å²) in [6.45, 7) is 7.32. The summed E-state index contributed by atoms with van der Waals surface area (Å²) >= 11 is 0. The Bertz CT molecular complexity index is 547. The van der Waals surface area contributed by atoms with E-state index < -0.39 is 0 Å². The summed E-state index contributed by atoms with van der Waals surface area (Å²) in [7, 11) is 0. The standard InChI is InChI=1S/C18H27N3O2/c1-15-13-17(7-8-18(15)21(22)23)20-11-9-19(10-12-20)14-16-5-3-2-4-6-16/h7-8,13,16H,2-6,9-12,14H2,1H3. The van der Waals surface area contributed by atoms with E-state index in [1.165, 1.54) is 38.6 Å². The molecule has 1 saturated carbocycles. The smallest absolute Gasteiger partial charge is 0.272 e. The molecule has 0 aromatic heterocycles. The van der Waals surface area contributed by atoms with Crippen molar-refractivity contribution in [3.8, 4) is 0 Å². The van der Waals surface area contributed by atoms with Gasteiger partial charge < -0.3 is 4.90 Å². The van der Waals surface area contributed by atoms with E-state index in [4.69, 9.17) is 0 Å². The van der Waals surface area contributed by atoms with E-state index in [0.717, 1.165) is 43.3 Å². The van der Waals surface area contributed by atoms with Gasteiger partial charge in [-0.1, -0.05) is 19.3 Å².